The first-order chi connectivity index (χ1) is 13.9. The van der Waals surface area contributed by atoms with Gasteiger partial charge < -0.3 is 5.73 Å². The van der Waals surface area contributed by atoms with E-state index < -0.39 is 5.91 Å². The van der Waals surface area contributed by atoms with Crippen molar-refractivity contribution in [2.24, 2.45) is 5.73 Å². The van der Waals surface area contributed by atoms with Gasteiger partial charge in [-0.25, -0.2) is 4.98 Å². The molecule has 29 heavy (non-hydrogen) atoms. The zero-order valence-electron chi connectivity index (χ0n) is 16.2. The quantitative estimate of drug-likeness (QED) is 0.631. The highest BCUT2D eigenvalue weighted by atomic mass is 35.5. The summed E-state index contributed by atoms with van der Waals surface area (Å²) in [5.74, 6) is 0.0370. The van der Waals surface area contributed by atoms with Crippen LogP contribution in [0.2, 0.25) is 10.0 Å². The summed E-state index contributed by atoms with van der Waals surface area (Å²) < 4.78 is 1.99. The zero-order chi connectivity index (χ0) is 20.5. The van der Waals surface area contributed by atoms with Crippen molar-refractivity contribution >= 4 is 29.1 Å². The molecule has 0 aliphatic carbocycles. The number of nitrogens with zero attached hydrogens (tertiary/aromatic N) is 3. The first-order valence-corrected chi connectivity index (χ1v) is 10.4. The van der Waals surface area contributed by atoms with Crippen molar-refractivity contribution in [3.63, 3.8) is 0 Å². The maximum Gasteiger partial charge on any atom is 0.269 e. The van der Waals surface area contributed by atoms with Gasteiger partial charge in [0.25, 0.3) is 5.91 Å². The number of rotatable bonds is 5. The molecule has 7 heteroatoms. The van der Waals surface area contributed by atoms with Crippen LogP contribution in [0.3, 0.4) is 0 Å². The summed E-state index contributed by atoms with van der Waals surface area (Å²) >= 11 is 12.6. The van der Waals surface area contributed by atoms with E-state index in [0.717, 1.165) is 42.9 Å². The number of benzene rings is 2. The Labute approximate surface area is 180 Å². The van der Waals surface area contributed by atoms with Crippen molar-refractivity contribution in [1.82, 2.24) is 14.5 Å². The number of likely N-dealkylation sites (tertiary alicyclic amines) is 1. The van der Waals surface area contributed by atoms with Crippen molar-refractivity contribution < 1.29 is 4.79 Å². The number of hydrogen-bond acceptors (Lipinski definition) is 3. The Morgan fingerprint density at radius 1 is 1.10 bits per heavy atom. The van der Waals surface area contributed by atoms with Crippen LogP contribution >= 0.6 is 23.2 Å². The molecule has 1 fully saturated rings. The van der Waals surface area contributed by atoms with Crippen LogP contribution in [0.25, 0.3) is 17.1 Å². The second kappa shape index (κ2) is 8.19. The summed E-state index contributed by atoms with van der Waals surface area (Å²) in [6.45, 7) is 4.63. The molecule has 2 heterocycles. The predicted molar refractivity (Wildman–Crippen MR) is 117 cm³/mol. The number of imidazole rings is 1. The first kappa shape index (κ1) is 20.0. The van der Waals surface area contributed by atoms with Crippen molar-refractivity contribution in [3.8, 4) is 17.1 Å². The molecular weight excluding hydrogens is 407 g/mol. The molecule has 0 spiro atoms. The Morgan fingerprint density at radius 2 is 1.79 bits per heavy atom. The highest BCUT2D eigenvalue weighted by molar-refractivity contribution is 6.36. The van der Waals surface area contributed by atoms with Crippen LogP contribution < -0.4 is 5.73 Å². The fourth-order valence-electron chi connectivity index (χ4n) is 3.77. The lowest BCUT2D eigenvalue weighted by Crippen LogP contribution is -2.23. The monoisotopic (exact) mass is 428 g/mol. The summed E-state index contributed by atoms with van der Waals surface area (Å²) in [7, 11) is 0. The van der Waals surface area contributed by atoms with Crippen LogP contribution in [0.4, 0.5) is 0 Å². The summed E-state index contributed by atoms with van der Waals surface area (Å²) in [6.07, 6.45) is 2.31. The van der Waals surface area contributed by atoms with Crippen LogP contribution in [-0.4, -0.2) is 33.4 Å². The highest BCUT2D eigenvalue weighted by Crippen LogP contribution is 2.34. The minimum atomic E-state index is -0.545. The van der Waals surface area contributed by atoms with Gasteiger partial charge in [-0.05, 0) is 63.2 Å². The molecule has 1 saturated heterocycles. The third kappa shape index (κ3) is 4.04. The smallest absolute Gasteiger partial charge is 0.269 e. The SMILES string of the molecule is Cc1ccc(-n2c(-c3ccc(Cl)cc3Cl)nc(C(N)=O)c2CN2CCCC2)cc1. The second-order valence-corrected chi connectivity index (χ2v) is 8.22. The Balaban J connectivity index is 1.96. The molecule has 0 bridgehead atoms. The molecule has 150 valence electrons. The van der Waals surface area contributed by atoms with Crippen molar-refractivity contribution in [2.45, 2.75) is 26.3 Å². The number of hydrogen-bond donors (Lipinski definition) is 1. The lowest BCUT2D eigenvalue weighted by Gasteiger charge is -2.19. The molecule has 2 N–H and O–H groups in total. The molecule has 0 radical (unpaired) electrons. The number of carbonyl (C=O) groups is 1. The molecule has 1 aromatic heterocycles. The normalized spacial score (nSPS) is 14.4. The van der Waals surface area contributed by atoms with E-state index >= 15 is 0 Å². The Bertz CT molecular complexity index is 1050. The van der Waals surface area contributed by atoms with E-state index in [1.54, 1.807) is 12.1 Å². The van der Waals surface area contributed by atoms with Gasteiger partial charge in [-0.3, -0.25) is 14.3 Å². The lowest BCUT2D eigenvalue weighted by molar-refractivity contribution is 0.0994. The average Bonchev–Trinajstić information content (AvgIpc) is 3.31. The van der Waals surface area contributed by atoms with Crippen LogP contribution in [-0.2, 0) is 6.54 Å². The van der Waals surface area contributed by atoms with Gasteiger partial charge in [-0.1, -0.05) is 40.9 Å². The standard InChI is InChI=1S/C22H22Cl2N4O/c1-14-4-7-16(8-5-14)28-19(13-27-10-2-3-11-27)20(21(25)29)26-22(28)17-9-6-15(23)12-18(17)24/h4-9,12H,2-3,10-11,13H2,1H3,(H2,25,29). The fraction of sp³-hybridized carbons (Fsp3) is 0.273. The maximum atomic E-state index is 12.3. The van der Waals surface area contributed by atoms with Crippen LogP contribution in [0.1, 0.15) is 34.6 Å². The molecule has 1 aliphatic rings. The van der Waals surface area contributed by atoms with Gasteiger partial charge in [-0.2, -0.15) is 0 Å². The van der Waals surface area contributed by atoms with Gasteiger partial charge in [0.2, 0.25) is 0 Å². The number of carbonyl (C=O) groups excluding carboxylic acids is 1. The molecular formula is C22H22Cl2N4O. The Morgan fingerprint density at radius 3 is 2.41 bits per heavy atom. The van der Waals surface area contributed by atoms with E-state index in [1.807, 2.05) is 41.8 Å². The maximum absolute atomic E-state index is 12.3. The Hall–Kier alpha value is -2.34. The van der Waals surface area contributed by atoms with Crippen molar-refractivity contribution in [2.75, 3.05) is 13.1 Å². The van der Waals surface area contributed by atoms with Crippen molar-refractivity contribution in [3.05, 3.63) is 69.5 Å². The summed E-state index contributed by atoms with van der Waals surface area (Å²) in [5.41, 5.74) is 9.54. The minimum Gasteiger partial charge on any atom is -0.364 e. The van der Waals surface area contributed by atoms with Crippen LogP contribution in [0.15, 0.2) is 42.5 Å². The van der Waals surface area contributed by atoms with Gasteiger partial charge in [0, 0.05) is 22.8 Å². The largest absolute Gasteiger partial charge is 0.364 e. The summed E-state index contributed by atoms with van der Waals surface area (Å²) in [4.78, 5) is 19.3. The lowest BCUT2D eigenvalue weighted by atomic mass is 10.2. The van der Waals surface area contributed by atoms with E-state index in [2.05, 4.69) is 9.88 Å². The molecule has 4 rings (SSSR count). The number of nitrogens with two attached hydrogens (primary N) is 1. The number of amides is 1. The van der Waals surface area contributed by atoms with E-state index in [4.69, 9.17) is 28.9 Å². The van der Waals surface area contributed by atoms with Crippen LogP contribution in [0, 0.1) is 6.92 Å². The third-order valence-corrected chi connectivity index (χ3v) is 5.79. The fourth-order valence-corrected chi connectivity index (χ4v) is 4.27. The van der Waals surface area contributed by atoms with E-state index in [9.17, 15) is 4.79 Å². The molecule has 0 unspecified atom stereocenters. The molecule has 5 nitrogen and oxygen atoms in total. The third-order valence-electron chi connectivity index (χ3n) is 5.24. The Kier molecular flexibility index (Phi) is 5.63. The molecule has 0 atom stereocenters. The number of primary amides is 1. The second-order valence-electron chi connectivity index (χ2n) is 7.37. The van der Waals surface area contributed by atoms with Gasteiger partial charge in [0.05, 0.1) is 10.7 Å². The van der Waals surface area contributed by atoms with Gasteiger partial charge in [-0.15, -0.1) is 0 Å². The highest BCUT2D eigenvalue weighted by Gasteiger charge is 2.26. The van der Waals surface area contributed by atoms with Gasteiger partial charge >= 0.3 is 0 Å². The summed E-state index contributed by atoms with van der Waals surface area (Å²) in [5, 5.41) is 1.01. The first-order valence-electron chi connectivity index (χ1n) is 9.60. The van der Waals surface area contributed by atoms with Gasteiger partial charge in [0.15, 0.2) is 5.69 Å². The van der Waals surface area contributed by atoms with Crippen molar-refractivity contribution in [1.29, 1.82) is 0 Å². The molecule has 0 saturated carbocycles. The van der Waals surface area contributed by atoms with Gasteiger partial charge in [0.1, 0.15) is 5.82 Å². The predicted octanol–water partition coefficient (Wildman–Crippen LogP) is 4.85. The summed E-state index contributed by atoms with van der Waals surface area (Å²) in [6, 6.07) is 13.4. The number of aryl methyl sites for hydroxylation is 1. The van der Waals surface area contributed by atoms with Crippen LogP contribution in [0.5, 0.6) is 0 Å². The molecule has 2 aromatic carbocycles. The average molecular weight is 429 g/mol. The molecule has 3 aromatic rings. The molecule has 1 aliphatic heterocycles. The number of aromatic nitrogens is 2. The topological polar surface area (TPSA) is 64.2 Å². The van der Waals surface area contributed by atoms with E-state index in [0.29, 0.717) is 28.0 Å². The molecule has 1 amide bonds. The number of halogens is 2. The van der Waals surface area contributed by atoms with E-state index in [-0.39, 0.29) is 5.69 Å². The minimum absolute atomic E-state index is 0.276. The zero-order valence-corrected chi connectivity index (χ0v) is 17.7. The van der Waals surface area contributed by atoms with E-state index in [1.165, 1.54) is 0 Å².